The zero-order valence-corrected chi connectivity index (χ0v) is 10.6. The van der Waals surface area contributed by atoms with E-state index in [-0.39, 0.29) is 11.5 Å². The number of hydrazine groups is 1. The number of hydrogen-bond donors (Lipinski definition) is 2. The molecule has 0 saturated carbocycles. The van der Waals surface area contributed by atoms with E-state index in [0.717, 1.165) is 0 Å². The first-order chi connectivity index (χ1) is 9.16. The standard InChI is InChI=1S/C12H11N3O3S/c16-9-3-1-2-8(4-9)10-5-11(17)12(18)15(10)14-7-19-6-13-14/h1-6,10,16-17H,7H2. The molecule has 2 aliphatic heterocycles. The molecule has 2 aliphatic rings. The monoisotopic (exact) mass is 277 g/mol. The Bertz CT molecular complexity index is 587. The number of carbonyl (C=O) groups is 1. The summed E-state index contributed by atoms with van der Waals surface area (Å²) < 4.78 is 0. The van der Waals surface area contributed by atoms with Gasteiger partial charge in [0, 0.05) is 0 Å². The molecule has 98 valence electrons. The van der Waals surface area contributed by atoms with Gasteiger partial charge in [-0.25, -0.2) is 5.01 Å². The smallest absolute Gasteiger partial charge is 0.309 e. The van der Waals surface area contributed by atoms with Gasteiger partial charge in [0.2, 0.25) is 0 Å². The van der Waals surface area contributed by atoms with Gasteiger partial charge in [0.25, 0.3) is 0 Å². The van der Waals surface area contributed by atoms with Crippen molar-refractivity contribution in [2.75, 3.05) is 5.88 Å². The Labute approximate surface area is 113 Å². The molecule has 1 atom stereocenters. The molecule has 0 spiro atoms. The molecule has 0 fully saturated rings. The molecule has 1 unspecified atom stereocenters. The van der Waals surface area contributed by atoms with E-state index >= 15 is 0 Å². The molecule has 0 aliphatic carbocycles. The molecule has 2 N–H and O–H groups in total. The number of hydrogen-bond acceptors (Lipinski definition) is 6. The van der Waals surface area contributed by atoms with Crippen LogP contribution in [0.15, 0.2) is 41.2 Å². The number of phenolic OH excluding ortho intramolecular Hbond substituents is 1. The third-order valence-corrected chi connectivity index (χ3v) is 3.54. The highest BCUT2D eigenvalue weighted by Gasteiger charge is 2.38. The van der Waals surface area contributed by atoms with Crippen LogP contribution in [0.3, 0.4) is 0 Å². The van der Waals surface area contributed by atoms with Crippen molar-refractivity contribution in [1.82, 2.24) is 10.1 Å². The maximum atomic E-state index is 12.0. The number of aromatic hydroxyl groups is 1. The lowest BCUT2D eigenvalue weighted by molar-refractivity contribution is -0.146. The van der Waals surface area contributed by atoms with E-state index in [2.05, 4.69) is 5.10 Å². The van der Waals surface area contributed by atoms with Crippen LogP contribution in [0, 0.1) is 0 Å². The molecular formula is C12H11N3O3S. The van der Waals surface area contributed by atoms with Gasteiger partial charge in [-0.1, -0.05) is 23.9 Å². The summed E-state index contributed by atoms with van der Waals surface area (Å²) in [6.07, 6.45) is 1.45. The van der Waals surface area contributed by atoms with Crippen molar-refractivity contribution in [3.05, 3.63) is 41.7 Å². The number of aliphatic hydroxyl groups is 1. The molecule has 6 nitrogen and oxygen atoms in total. The topological polar surface area (TPSA) is 76.4 Å². The second kappa shape index (κ2) is 4.51. The summed E-state index contributed by atoms with van der Waals surface area (Å²) in [4.78, 5) is 12.0. The summed E-state index contributed by atoms with van der Waals surface area (Å²) in [5.74, 6) is -0.167. The summed E-state index contributed by atoms with van der Waals surface area (Å²) in [6, 6.07) is 6.13. The average molecular weight is 277 g/mol. The molecular weight excluding hydrogens is 266 g/mol. The van der Waals surface area contributed by atoms with Gasteiger partial charge >= 0.3 is 5.91 Å². The summed E-state index contributed by atoms with van der Waals surface area (Å²) in [5, 5.41) is 26.1. The van der Waals surface area contributed by atoms with Crippen molar-refractivity contribution in [2.24, 2.45) is 5.10 Å². The lowest BCUT2D eigenvalue weighted by Crippen LogP contribution is -2.41. The molecule has 7 heteroatoms. The Hall–Kier alpha value is -2.15. The van der Waals surface area contributed by atoms with Crippen LogP contribution in [0.25, 0.3) is 0 Å². The van der Waals surface area contributed by atoms with Crippen molar-refractivity contribution in [1.29, 1.82) is 0 Å². The van der Waals surface area contributed by atoms with Crippen molar-refractivity contribution < 1.29 is 15.0 Å². The Morgan fingerprint density at radius 3 is 2.89 bits per heavy atom. The number of aliphatic hydroxyl groups excluding tert-OH is 1. The highest BCUT2D eigenvalue weighted by atomic mass is 32.2. The highest BCUT2D eigenvalue weighted by molar-refractivity contribution is 8.12. The largest absolute Gasteiger partial charge is 0.508 e. The first kappa shape index (κ1) is 11.9. The molecule has 3 rings (SSSR count). The maximum absolute atomic E-state index is 12.0. The van der Waals surface area contributed by atoms with Gasteiger partial charge in [0.1, 0.15) is 17.7 Å². The SMILES string of the molecule is O=C1C(O)=CC(c2cccc(O)c2)N1N1CSC=N1. The first-order valence-corrected chi connectivity index (χ1v) is 6.66. The molecule has 0 radical (unpaired) electrons. The zero-order valence-electron chi connectivity index (χ0n) is 9.80. The quantitative estimate of drug-likeness (QED) is 0.858. The second-order valence-corrected chi connectivity index (χ2v) is 4.93. The van der Waals surface area contributed by atoms with Gasteiger partial charge in [-0.3, -0.25) is 4.79 Å². The van der Waals surface area contributed by atoms with Gasteiger partial charge < -0.3 is 10.2 Å². The Morgan fingerprint density at radius 2 is 2.21 bits per heavy atom. The lowest BCUT2D eigenvalue weighted by atomic mass is 10.1. The van der Waals surface area contributed by atoms with Gasteiger partial charge in [-0.05, 0) is 23.8 Å². The van der Waals surface area contributed by atoms with Crippen LogP contribution in [0.1, 0.15) is 11.6 Å². The van der Waals surface area contributed by atoms with Crippen LogP contribution < -0.4 is 0 Å². The predicted octanol–water partition coefficient (Wildman–Crippen LogP) is 1.58. The maximum Gasteiger partial charge on any atom is 0.309 e. The van der Waals surface area contributed by atoms with Gasteiger partial charge in [-0.2, -0.15) is 10.2 Å². The fourth-order valence-corrected chi connectivity index (χ4v) is 2.64. The number of nitrogens with zero attached hydrogens (tertiary/aromatic N) is 3. The Morgan fingerprint density at radius 1 is 1.37 bits per heavy atom. The van der Waals surface area contributed by atoms with Crippen molar-refractivity contribution in [2.45, 2.75) is 6.04 Å². The minimum absolute atomic E-state index is 0.115. The molecule has 0 aromatic heterocycles. The Balaban J connectivity index is 1.97. The van der Waals surface area contributed by atoms with Crippen LogP contribution in [-0.4, -0.2) is 37.7 Å². The Kier molecular flexibility index (Phi) is 2.83. The number of thioether (sulfide) groups is 1. The minimum Gasteiger partial charge on any atom is -0.508 e. The molecule has 1 aromatic rings. The van der Waals surface area contributed by atoms with E-state index in [0.29, 0.717) is 11.4 Å². The van der Waals surface area contributed by atoms with E-state index in [1.165, 1.54) is 28.0 Å². The van der Waals surface area contributed by atoms with Crippen LogP contribution in [-0.2, 0) is 4.79 Å². The van der Waals surface area contributed by atoms with Gasteiger partial charge in [0.05, 0.1) is 5.55 Å². The van der Waals surface area contributed by atoms with Gasteiger partial charge in [-0.15, -0.1) is 0 Å². The van der Waals surface area contributed by atoms with Crippen LogP contribution >= 0.6 is 11.8 Å². The summed E-state index contributed by atoms with van der Waals surface area (Å²) in [5.41, 5.74) is 2.35. The predicted molar refractivity (Wildman–Crippen MR) is 71.2 cm³/mol. The van der Waals surface area contributed by atoms with Crippen molar-refractivity contribution in [3.8, 4) is 5.75 Å². The summed E-state index contributed by atoms with van der Waals surface area (Å²) in [6.45, 7) is 0. The van der Waals surface area contributed by atoms with E-state index in [1.807, 2.05) is 0 Å². The van der Waals surface area contributed by atoms with Crippen LogP contribution in [0.2, 0.25) is 0 Å². The van der Waals surface area contributed by atoms with Crippen molar-refractivity contribution >= 4 is 23.2 Å². The summed E-state index contributed by atoms with van der Waals surface area (Å²) >= 11 is 1.46. The minimum atomic E-state index is -0.493. The molecule has 0 saturated heterocycles. The molecule has 2 heterocycles. The number of carbonyl (C=O) groups excluding carboxylic acids is 1. The third kappa shape index (κ3) is 2.01. The number of benzene rings is 1. The lowest BCUT2D eigenvalue weighted by Gasteiger charge is -2.30. The number of hydrazone groups is 1. The first-order valence-electron chi connectivity index (χ1n) is 5.61. The van der Waals surface area contributed by atoms with E-state index in [4.69, 9.17) is 0 Å². The van der Waals surface area contributed by atoms with Gasteiger partial charge in [0.15, 0.2) is 5.76 Å². The average Bonchev–Trinajstić information content (AvgIpc) is 2.99. The zero-order chi connectivity index (χ0) is 13.4. The second-order valence-electron chi connectivity index (χ2n) is 4.13. The number of phenols is 1. The number of amides is 1. The van der Waals surface area contributed by atoms with Crippen molar-refractivity contribution in [3.63, 3.8) is 0 Å². The summed E-state index contributed by atoms with van der Waals surface area (Å²) in [7, 11) is 0. The normalized spacial score (nSPS) is 22.2. The fourth-order valence-electron chi connectivity index (χ4n) is 2.07. The number of rotatable bonds is 2. The van der Waals surface area contributed by atoms with Crippen LogP contribution in [0.4, 0.5) is 0 Å². The molecule has 19 heavy (non-hydrogen) atoms. The van der Waals surface area contributed by atoms with E-state index in [9.17, 15) is 15.0 Å². The van der Waals surface area contributed by atoms with E-state index < -0.39 is 11.9 Å². The molecule has 1 aromatic carbocycles. The third-order valence-electron chi connectivity index (χ3n) is 2.91. The van der Waals surface area contributed by atoms with E-state index in [1.54, 1.807) is 29.8 Å². The van der Waals surface area contributed by atoms with Crippen LogP contribution in [0.5, 0.6) is 5.75 Å². The fraction of sp³-hybridized carbons (Fsp3) is 0.167. The molecule has 0 bridgehead atoms. The highest BCUT2D eigenvalue weighted by Crippen LogP contribution is 2.34. The molecule has 1 amide bonds.